The second kappa shape index (κ2) is 4.08. The largest absolute Gasteiger partial charge is 0.386 e. The number of rotatable bonds is 2. The predicted octanol–water partition coefficient (Wildman–Crippen LogP) is 2.37. The lowest BCUT2D eigenvalue weighted by molar-refractivity contribution is -0.399. The molecule has 86 valence electrons. The first-order chi connectivity index (χ1) is 6.73. The molecule has 0 bridgehead atoms. The number of aliphatic hydroxyl groups is 1. The molecule has 15 heavy (non-hydrogen) atoms. The van der Waals surface area contributed by atoms with Gasteiger partial charge in [0, 0.05) is 0 Å². The molecule has 0 aromatic carbocycles. The minimum atomic E-state index is -0.799. The maximum Gasteiger partial charge on any atom is 0.148 e. The van der Waals surface area contributed by atoms with Gasteiger partial charge in [0.15, 0.2) is 0 Å². The van der Waals surface area contributed by atoms with E-state index in [-0.39, 0.29) is 5.60 Å². The number of aliphatic hydroxyl groups excluding tert-OH is 1. The van der Waals surface area contributed by atoms with Crippen LogP contribution in [0.3, 0.4) is 0 Å². The van der Waals surface area contributed by atoms with Crippen LogP contribution < -0.4 is 0 Å². The second-order valence-electron chi connectivity index (χ2n) is 5.15. The highest BCUT2D eigenvalue weighted by atomic mass is 17.2. The maximum absolute atomic E-state index is 9.86. The van der Waals surface area contributed by atoms with Gasteiger partial charge >= 0.3 is 0 Å². The molecule has 1 aliphatic rings. The van der Waals surface area contributed by atoms with Crippen LogP contribution in [0.5, 0.6) is 0 Å². The van der Waals surface area contributed by atoms with Crippen molar-refractivity contribution >= 4 is 0 Å². The SMILES string of the molecule is CC1=CC(O)C(C)(OOC(C)(C)C)C=C1. The van der Waals surface area contributed by atoms with Crippen molar-refractivity contribution in [1.82, 2.24) is 0 Å². The molecule has 0 amide bonds. The zero-order chi connectivity index (χ0) is 11.7. The van der Waals surface area contributed by atoms with Crippen LogP contribution in [0.25, 0.3) is 0 Å². The molecular formula is C12H20O3. The average Bonchev–Trinajstić information content (AvgIpc) is 2.08. The van der Waals surface area contributed by atoms with E-state index in [1.165, 1.54) is 0 Å². The summed E-state index contributed by atoms with van der Waals surface area (Å²) in [6, 6.07) is 0. The van der Waals surface area contributed by atoms with Gasteiger partial charge in [0.2, 0.25) is 0 Å². The molecule has 0 saturated heterocycles. The Morgan fingerprint density at radius 2 is 2.00 bits per heavy atom. The Bertz CT molecular complexity index is 286. The molecule has 0 spiro atoms. The highest BCUT2D eigenvalue weighted by Gasteiger charge is 2.35. The Morgan fingerprint density at radius 1 is 1.40 bits per heavy atom. The molecule has 0 fully saturated rings. The lowest BCUT2D eigenvalue weighted by atomic mass is 9.92. The number of hydrogen-bond acceptors (Lipinski definition) is 3. The molecule has 0 heterocycles. The van der Waals surface area contributed by atoms with Gasteiger partial charge in [-0.3, -0.25) is 0 Å². The van der Waals surface area contributed by atoms with Gasteiger partial charge in [0.25, 0.3) is 0 Å². The van der Waals surface area contributed by atoms with Crippen molar-refractivity contribution in [2.45, 2.75) is 51.9 Å². The van der Waals surface area contributed by atoms with E-state index < -0.39 is 11.7 Å². The standard InChI is InChI=1S/C12H20O3/c1-9-6-7-12(5,10(13)8-9)15-14-11(2,3)4/h6-8,10,13H,1-5H3. The van der Waals surface area contributed by atoms with Crippen LogP contribution in [0, 0.1) is 0 Å². The Balaban J connectivity index is 2.65. The minimum Gasteiger partial charge on any atom is -0.386 e. The van der Waals surface area contributed by atoms with E-state index in [0.717, 1.165) is 5.57 Å². The Hall–Kier alpha value is -0.640. The highest BCUT2D eigenvalue weighted by Crippen LogP contribution is 2.27. The second-order valence-corrected chi connectivity index (χ2v) is 5.15. The van der Waals surface area contributed by atoms with Gasteiger partial charge in [0.05, 0.1) is 5.60 Å². The van der Waals surface area contributed by atoms with Crippen LogP contribution in [0.2, 0.25) is 0 Å². The van der Waals surface area contributed by atoms with Gasteiger partial charge in [-0.2, -0.15) is 0 Å². The Morgan fingerprint density at radius 3 is 2.47 bits per heavy atom. The van der Waals surface area contributed by atoms with Crippen molar-refractivity contribution in [2.24, 2.45) is 0 Å². The zero-order valence-corrected chi connectivity index (χ0v) is 10.1. The van der Waals surface area contributed by atoms with E-state index >= 15 is 0 Å². The predicted molar refractivity (Wildman–Crippen MR) is 59.2 cm³/mol. The smallest absolute Gasteiger partial charge is 0.148 e. The van der Waals surface area contributed by atoms with E-state index in [4.69, 9.17) is 9.78 Å². The fourth-order valence-electron chi connectivity index (χ4n) is 1.16. The van der Waals surface area contributed by atoms with E-state index in [2.05, 4.69) is 0 Å². The summed E-state index contributed by atoms with van der Waals surface area (Å²) in [5.41, 5.74) is -0.154. The molecule has 1 aliphatic carbocycles. The molecule has 2 atom stereocenters. The molecule has 0 radical (unpaired) electrons. The summed E-state index contributed by atoms with van der Waals surface area (Å²) in [6.45, 7) is 9.43. The van der Waals surface area contributed by atoms with Gasteiger partial charge in [-0.15, -0.1) is 0 Å². The van der Waals surface area contributed by atoms with E-state index in [0.29, 0.717) is 0 Å². The molecule has 0 aliphatic heterocycles. The van der Waals surface area contributed by atoms with Crippen LogP contribution in [-0.2, 0) is 9.78 Å². The first kappa shape index (κ1) is 12.4. The van der Waals surface area contributed by atoms with Crippen molar-refractivity contribution in [3.63, 3.8) is 0 Å². The molecule has 1 N–H and O–H groups in total. The molecule has 1 rings (SSSR count). The van der Waals surface area contributed by atoms with Crippen molar-refractivity contribution in [1.29, 1.82) is 0 Å². The lowest BCUT2D eigenvalue weighted by Gasteiger charge is -2.33. The van der Waals surface area contributed by atoms with E-state index in [1.807, 2.05) is 39.8 Å². The van der Waals surface area contributed by atoms with Crippen LogP contribution in [0.4, 0.5) is 0 Å². The third-order valence-electron chi connectivity index (χ3n) is 2.16. The summed E-state index contributed by atoms with van der Waals surface area (Å²) in [7, 11) is 0. The first-order valence-electron chi connectivity index (χ1n) is 5.15. The van der Waals surface area contributed by atoms with Gasteiger partial charge in [-0.05, 0) is 46.8 Å². The lowest BCUT2D eigenvalue weighted by Crippen LogP contribution is -2.42. The molecule has 0 aromatic heterocycles. The summed E-state index contributed by atoms with van der Waals surface area (Å²) < 4.78 is 0. The van der Waals surface area contributed by atoms with Crippen LogP contribution in [0.15, 0.2) is 23.8 Å². The highest BCUT2D eigenvalue weighted by molar-refractivity contribution is 5.28. The van der Waals surface area contributed by atoms with Crippen molar-refractivity contribution in [3.05, 3.63) is 23.8 Å². The van der Waals surface area contributed by atoms with E-state index in [9.17, 15) is 5.11 Å². The van der Waals surface area contributed by atoms with E-state index in [1.54, 1.807) is 13.0 Å². The summed E-state index contributed by atoms with van der Waals surface area (Å²) >= 11 is 0. The summed E-state index contributed by atoms with van der Waals surface area (Å²) in [5.74, 6) is 0. The monoisotopic (exact) mass is 212 g/mol. The minimum absolute atomic E-state index is 0.382. The summed E-state index contributed by atoms with van der Waals surface area (Å²) in [5, 5.41) is 9.86. The van der Waals surface area contributed by atoms with Crippen molar-refractivity contribution in [2.75, 3.05) is 0 Å². The Labute approximate surface area is 91.3 Å². The number of hydrogen-bond donors (Lipinski definition) is 1. The molecule has 3 nitrogen and oxygen atoms in total. The van der Waals surface area contributed by atoms with Crippen LogP contribution >= 0.6 is 0 Å². The first-order valence-corrected chi connectivity index (χ1v) is 5.15. The molecular weight excluding hydrogens is 192 g/mol. The van der Waals surface area contributed by atoms with Crippen molar-refractivity contribution < 1.29 is 14.9 Å². The molecule has 3 heteroatoms. The summed E-state index contributed by atoms with van der Waals surface area (Å²) in [6.07, 6.45) is 4.81. The van der Waals surface area contributed by atoms with Crippen LogP contribution in [0.1, 0.15) is 34.6 Å². The van der Waals surface area contributed by atoms with Gasteiger partial charge in [-0.25, -0.2) is 9.78 Å². The topological polar surface area (TPSA) is 38.7 Å². The molecule has 0 saturated carbocycles. The third kappa shape index (κ3) is 3.45. The van der Waals surface area contributed by atoms with Gasteiger partial charge in [0.1, 0.15) is 11.7 Å². The van der Waals surface area contributed by atoms with Gasteiger partial charge in [-0.1, -0.05) is 11.6 Å². The van der Waals surface area contributed by atoms with Crippen molar-refractivity contribution in [3.8, 4) is 0 Å². The summed E-state index contributed by atoms with van der Waals surface area (Å²) in [4.78, 5) is 10.6. The number of allylic oxidation sites excluding steroid dienone is 2. The fourth-order valence-corrected chi connectivity index (χ4v) is 1.16. The average molecular weight is 212 g/mol. The quantitative estimate of drug-likeness (QED) is 0.564. The zero-order valence-electron chi connectivity index (χ0n) is 10.1. The van der Waals surface area contributed by atoms with Crippen LogP contribution in [-0.4, -0.2) is 22.4 Å². The molecule has 0 aromatic rings. The molecule has 2 unspecified atom stereocenters. The maximum atomic E-state index is 9.86. The fraction of sp³-hybridized carbons (Fsp3) is 0.667. The Kier molecular flexibility index (Phi) is 3.38. The third-order valence-corrected chi connectivity index (χ3v) is 2.16. The normalized spacial score (nSPS) is 31.6. The van der Waals surface area contributed by atoms with Gasteiger partial charge < -0.3 is 5.11 Å².